The van der Waals surface area contributed by atoms with Crippen LogP contribution in [0.3, 0.4) is 0 Å². The van der Waals surface area contributed by atoms with Gasteiger partial charge in [-0.2, -0.15) is 11.8 Å². The number of benzene rings is 1. The molecule has 0 aromatic heterocycles. The number of nitrogens with zero attached hydrogens (tertiary/aromatic N) is 1. The Morgan fingerprint density at radius 3 is 2.58 bits per heavy atom. The molecule has 1 heterocycles. The summed E-state index contributed by atoms with van der Waals surface area (Å²) in [5.74, 6) is 2.44. The second-order valence-corrected chi connectivity index (χ2v) is 6.33. The molecule has 1 amide bonds. The smallest absolute Gasteiger partial charge is 0.251 e. The van der Waals surface area contributed by atoms with Crippen LogP contribution >= 0.6 is 27.7 Å². The fraction of sp³-hybridized carbons (Fsp3) is 0.500. The molecule has 1 N–H and O–H groups in total. The van der Waals surface area contributed by atoms with Crippen LogP contribution in [0.1, 0.15) is 15.9 Å². The number of hydrogen-bond acceptors (Lipinski definition) is 3. The summed E-state index contributed by atoms with van der Waals surface area (Å²) in [6.45, 7) is 3.95. The van der Waals surface area contributed by atoms with Crippen LogP contribution in [-0.2, 0) is 5.33 Å². The number of thioether (sulfide) groups is 1. The Morgan fingerprint density at radius 1 is 1.26 bits per heavy atom. The monoisotopic (exact) mass is 342 g/mol. The minimum Gasteiger partial charge on any atom is -0.351 e. The Labute approximate surface area is 127 Å². The van der Waals surface area contributed by atoms with Gasteiger partial charge in [0.1, 0.15) is 0 Å². The number of alkyl halides is 1. The van der Waals surface area contributed by atoms with E-state index >= 15 is 0 Å². The second kappa shape index (κ2) is 7.92. The average Bonchev–Trinajstić information content (AvgIpc) is 2.48. The standard InChI is InChI=1S/C14H19BrN2OS/c15-11-12-1-3-13(4-2-12)14(18)16-5-6-17-7-9-19-10-8-17/h1-4H,5-11H2,(H,16,18). The maximum Gasteiger partial charge on any atom is 0.251 e. The van der Waals surface area contributed by atoms with Crippen LogP contribution in [-0.4, -0.2) is 48.5 Å². The summed E-state index contributed by atoms with van der Waals surface area (Å²) in [4.78, 5) is 14.3. The highest BCUT2D eigenvalue weighted by Crippen LogP contribution is 2.09. The van der Waals surface area contributed by atoms with Gasteiger partial charge in [-0.05, 0) is 17.7 Å². The molecule has 0 bridgehead atoms. The molecule has 104 valence electrons. The van der Waals surface area contributed by atoms with Crippen molar-refractivity contribution in [1.82, 2.24) is 10.2 Å². The molecule has 3 nitrogen and oxygen atoms in total. The topological polar surface area (TPSA) is 32.3 Å². The van der Waals surface area contributed by atoms with Gasteiger partial charge < -0.3 is 5.32 Å². The molecule has 2 rings (SSSR count). The molecule has 19 heavy (non-hydrogen) atoms. The molecule has 1 saturated heterocycles. The highest BCUT2D eigenvalue weighted by atomic mass is 79.9. The number of hydrogen-bond donors (Lipinski definition) is 1. The van der Waals surface area contributed by atoms with Crippen LogP contribution in [0, 0.1) is 0 Å². The normalized spacial score (nSPS) is 16.3. The average molecular weight is 343 g/mol. The highest BCUT2D eigenvalue weighted by molar-refractivity contribution is 9.08. The molecule has 1 aliphatic heterocycles. The van der Waals surface area contributed by atoms with Gasteiger partial charge in [0.05, 0.1) is 0 Å². The molecule has 0 spiro atoms. The van der Waals surface area contributed by atoms with Crippen molar-refractivity contribution in [2.75, 3.05) is 37.7 Å². The number of nitrogens with one attached hydrogen (secondary N) is 1. The van der Waals surface area contributed by atoms with Crippen LogP contribution < -0.4 is 5.32 Å². The van der Waals surface area contributed by atoms with E-state index in [9.17, 15) is 4.79 Å². The van der Waals surface area contributed by atoms with Gasteiger partial charge in [0, 0.05) is 48.6 Å². The van der Waals surface area contributed by atoms with Crippen LogP contribution in [0.4, 0.5) is 0 Å². The quantitative estimate of drug-likeness (QED) is 0.833. The van der Waals surface area contributed by atoms with Gasteiger partial charge in [-0.25, -0.2) is 0 Å². The van der Waals surface area contributed by atoms with Crippen LogP contribution in [0.25, 0.3) is 0 Å². The van der Waals surface area contributed by atoms with Gasteiger partial charge in [-0.15, -0.1) is 0 Å². The lowest BCUT2D eigenvalue weighted by Gasteiger charge is -2.25. The molecular formula is C14H19BrN2OS. The first-order chi connectivity index (χ1) is 9.29. The van der Waals surface area contributed by atoms with E-state index in [2.05, 4.69) is 26.1 Å². The second-order valence-electron chi connectivity index (χ2n) is 4.54. The summed E-state index contributed by atoms with van der Waals surface area (Å²) in [6, 6.07) is 7.71. The predicted molar refractivity (Wildman–Crippen MR) is 85.2 cm³/mol. The summed E-state index contributed by atoms with van der Waals surface area (Å²) in [6.07, 6.45) is 0. The van der Waals surface area contributed by atoms with Gasteiger partial charge >= 0.3 is 0 Å². The Balaban J connectivity index is 1.73. The third-order valence-electron chi connectivity index (χ3n) is 3.19. The molecule has 5 heteroatoms. The van der Waals surface area contributed by atoms with E-state index in [0.717, 1.165) is 37.1 Å². The van der Waals surface area contributed by atoms with Crippen molar-refractivity contribution in [1.29, 1.82) is 0 Å². The molecule has 1 aliphatic rings. The van der Waals surface area contributed by atoms with Gasteiger partial charge in [-0.1, -0.05) is 28.1 Å². The van der Waals surface area contributed by atoms with E-state index in [0.29, 0.717) is 0 Å². The number of amides is 1. The summed E-state index contributed by atoms with van der Waals surface area (Å²) in [7, 11) is 0. The van der Waals surface area contributed by atoms with E-state index in [4.69, 9.17) is 0 Å². The first kappa shape index (κ1) is 14.9. The number of halogens is 1. The Kier molecular flexibility index (Phi) is 6.20. The zero-order valence-corrected chi connectivity index (χ0v) is 13.3. The molecule has 0 unspecified atom stereocenters. The lowest BCUT2D eigenvalue weighted by atomic mass is 10.1. The van der Waals surface area contributed by atoms with Crippen molar-refractivity contribution in [2.24, 2.45) is 0 Å². The molecule has 0 radical (unpaired) electrons. The third-order valence-corrected chi connectivity index (χ3v) is 4.78. The van der Waals surface area contributed by atoms with E-state index in [1.165, 1.54) is 17.1 Å². The van der Waals surface area contributed by atoms with Crippen molar-refractivity contribution in [2.45, 2.75) is 5.33 Å². The van der Waals surface area contributed by atoms with E-state index in [1.807, 2.05) is 36.0 Å². The Hall–Kier alpha value is -0.520. The summed E-state index contributed by atoms with van der Waals surface area (Å²) < 4.78 is 0. The maximum absolute atomic E-state index is 11.9. The molecule has 1 aromatic rings. The first-order valence-corrected chi connectivity index (χ1v) is 8.80. The number of carbonyl (C=O) groups excluding carboxylic acids is 1. The van der Waals surface area contributed by atoms with E-state index in [1.54, 1.807) is 0 Å². The van der Waals surface area contributed by atoms with Crippen LogP contribution in [0.2, 0.25) is 0 Å². The van der Waals surface area contributed by atoms with E-state index in [-0.39, 0.29) is 5.91 Å². The Morgan fingerprint density at radius 2 is 1.95 bits per heavy atom. The van der Waals surface area contributed by atoms with E-state index < -0.39 is 0 Å². The van der Waals surface area contributed by atoms with Crippen molar-refractivity contribution >= 4 is 33.6 Å². The fourth-order valence-electron chi connectivity index (χ4n) is 2.00. The molecule has 1 aromatic carbocycles. The zero-order chi connectivity index (χ0) is 13.5. The summed E-state index contributed by atoms with van der Waals surface area (Å²) in [5, 5.41) is 3.81. The molecule has 0 saturated carbocycles. The zero-order valence-electron chi connectivity index (χ0n) is 10.9. The summed E-state index contributed by atoms with van der Waals surface area (Å²) in [5.41, 5.74) is 1.92. The summed E-state index contributed by atoms with van der Waals surface area (Å²) >= 11 is 5.40. The lowest BCUT2D eigenvalue weighted by molar-refractivity contribution is 0.0949. The molecule has 0 aliphatic carbocycles. The Bertz CT molecular complexity index is 404. The predicted octanol–water partition coefficient (Wildman–Crippen LogP) is 2.36. The maximum atomic E-state index is 11.9. The van der Waals surface area contributed by atoms with Gasteiger partial charge in [-0.3, -0.25) is 9.69 Å². The minimum atomic E-state index is 0.0208. The molecule has 1 fully saturated rings. The van der Waals surface area contributed by atoms with Crippen molar-refractivity contribution in [3.8, 4) is 0 Å². The van der Waals surface area contributed by atoms with Crippen molar-refractivity contribution < 1.29 is 4.79 Å². The van der Waals surface area contributed by atoms with Crippen molar-refractivity contribution in [3.05, 3.63) is 35.4 Å². The number of rotatable bonds is 5. The van der Waals surface area contributed by atoms with Gasteiger partial charge in [0.25, 0.3) is 5.91 Å². The fourth-order valence-corrected chi connectivity index (χ4v) is 3.35. The van der Waals surface area contributed by atoms with Crippen LogP contribution in [0.5, 0.6) is 0 Å². The lowest BCUT2D eigenvalue weighted by Crippen LogP contribution is -2.39. The third kappa shape index (κ3) is 4.82. The first-order valence-electron chi connectivity index (χ1n) is 6.53. The molecule has 0 atom stereocenters. The van der Waals surface area contributed by atoms with Gasteiger partial charge in [0.15, 0.2) is 0 Å². The van der Waals surface area contributed by atoms with Gasteiger partial charge in [0.2, 0.25) is 0 Å². The molecular weight excluding hydrogens is 324 g/mol. The van der Waals surface area contributed by atoms with Crippen molar-refractivity contribution in [3.63, 3.8) is 0 Å². The highest BCUT2D eigenvalue weighted by Gasteiger charge is 2.10. The van der Waals surface area contributed by atoms with Crippen LogP contribution in [0.15, 0.2) is 24.3 Å². The number of carbonyl (C=O) groups is 1. The largest absolute Gasteiger partial charge is 0.351 e. The SMILES string of the molecule is O=C(NCCN1CCSCC1)c1ccc(CBr)cc1. The minimum absolute atomic E-state index is 0.0208.